The van der Waals surface area contributed by atoms with Gasteiger partial charge in [-0.2, -0.15) is 0 Å². The minimum absolute atomic E-state index is 0.249. The summed E-state index contributed by atoms with van der Waals surface area (Å²) in [6.45, 7) is 3.91. The second-order valence-electron chi connectivity index (χ2n) is 4.33. The zero-order valence-corrected chi connectivity index (χ0v) is 11.4. The number of aromatic nitrogens is 2. The zero-order chi connectivity index (χ0) is 13.4. The predicted octanol–water partition coefficient (Wildman–Crippen LogP) is 4.19. The van der Waals surface area contributed by atoms with Crippen LogP contribution in [0.15, 0.2) is 30.3 Å². The molecule has 0 atom stereocenters. The molecule has 0 aliphatic rings. The molecule has 0 amide bonds. The normalized spacial score (nSPS) is 10.9. The molecule has 0 saturated heterocycles. The Hall–Kier alpha value is -2.01. The highest BCUT2D eigenvalue weighted by atomic mass is 32.1. The van der Waals surface area contributed by atoms with E-state index in [1.165, 1.54) is 17.0 Å². The summed E-state index contributed by atoms with van der Waals surface area (Å²) in [6, 6.07) is 8.29. The van der Waals surface area contributed by atoms with Crippen LogP contribution in [0.3, 0.4) is 0 Å². The molecular weight excluding hydrogens is 261 g/mol. The first-order valence-corrected chi connectivity index (χ1v) is 6.71. The van der Waals surface area contributed by atoms with Crippen molar-refractivity contribution in [2.45, 2.75) is 13.8 Å². The number of aryl methyl sites for hydroxylation is 2. The van der Waals surface area contributed by atoms with E-state index in [2.05, 4.69) is 21.4 Å². The maximum Gasteiger partial charge on any atom is 0.142 e. The standard InChI is InChI=1S/C14H12FN3S/c1-8-7-12-13(16-9(2)17-14(12)19-8)18-11-5-3-10(15)4-6-11/h3-7H,1-2H3,(H,16,17,18). The van der Waals surface area contributed by atoms with E-state index in [-0.39, 0.29) is 5.82 Å². The molecule has 0 fully saturated rings. The molecular formula is C14H12FN3S. The van der Waals surface area contributed by atoms with Crippen molar-refractivity contribution < 1.29 is 4.39 Å². The van der Waals surface area contributed by atoms with Crippen LogP contribution in [0.1, 0.15) is 10.7 Å². The summed E-state index contributed by atoms with van der Waals surface area (Å²) < 4.78 is 12.9. The third-order valence-corrected chi connectivity index (χ3v) is 3.68. The monoisotopic (exact) mass is 273 g/mol. The minimum atomic E-state index is -0.249. The highest BCUT2D eigenvalue weighted by molar-refractivity contribution is 7.18. The molecule has 19 heavy (non-hydrogen) atoms. The lowest BCUT2D eigenvalue weighted by Gasteiger charge is -2.07. The molecule has 5 heteroatoms. The number of fused-ring (bicyclic) bond motifs is 1. The van der Waals surface area contributed by atoms with Crippen LogP contribution in [0.2, 0.25) is 0 Å². The quantitative estimate of drug-likeness (QED) is 0.760. The van der Waals surface area contributed by atoms with E-state index in [9.17, 15) is 4.39 Å². The summed E-state index contributed by atoms with van der Waals surface area (Å²) in [6.07, 6.45) is 0. The number of rotatable bonds is 2. The van der Waals surface area contributed by atoms with Gasteiger partial charge in [-0.3, -0.25) is 0 Å². The van der Waals surface area contributed by atoms with Crippen molar-refractivity contribution in [3.05, 3.63) is 46.9 Å². The summed E-state index contributed by atoms with van der Waals surface area (Å²) in [4.78, 5) is 11.0. The lowest BCUT2D eigenvalue weighted by molar-refractivity contribution is 0.628. The largest absolute Gasteiger partial charge is 0.340 e. The van der Waals surface area contributed by atoms with E-state index in [4.69, 9.17) is 0 Å². The Kier molecular flexibility index (Phi) is 2.91. The topological polar surface area (TPSA) is 37.8 Å². The van der Waals surface area contributed by atoms with Crippen molar-refractivity contribution >= 4 is 33.1 Å². The van der Waals surface area contributed by atoms with E-state index >= 15 is 0 Å². The molecule has 0 aliphatic carbocycles. The van der Waals surface area contributed by atoms with Crippen molar-refractivity contribution in [3.63, 3.8) is 0 Å². The predicted molar refractivity (Wildman–Crippen MR) is 76.6 cm³/mol. The molecule has 0 radical (unpaired) electrons. The van der Waals surface area contributed by atoms with Crippen LogP contribution < -0.4 is 5.32 Å². The third kappa shape index (κ3) is 2.42. The minimum Gasteiger partial charge on any atom is -0.340 e. The van der Waals surface area contributed by atoms with Gasteiger partial charge in [0.2, 0.25) is 0 Å². The molecule has 2 heterocycles. The highest BCUT2D eigenvalue weighted by Gasteiger charge is 2.09. The van der Waals surface area contributed by atoms with Crippen molar-refractivity contribution in [1.82, 2.24) is 9.97 Å². The number of nitrogens with zero attached hydrogens (tertiary/aromatic N) is 2. The van der Waals surface area contributed by atoms with Crippen molar-refractivity contribution in [2.75, 3.05) is 5.32 Å². The molecule has 0 saturated carbocycles. The fraction of sp³-hybridized carbons (Fsp3) is 0.143. The van der Waals surface area contributed by atoms with Gasteiger partial charge in [0, 0.05) is 10.6 Å². The van der Waals surface area contributed by atoms with Gasteiger partial charge in [-0.05, 0) is 44.2 Å². The molecule has 1 N–H and O–H groups in total. The number of thiophene rings is 1. The van der Waals surface area contributed by atoms with Gasteiger partial charge in [-0.1, -0.05) is 0 Å². The van der Waals surface area contributed by atoms with E-state index in [0.717, 1.165) is 27.5 Å². The SMILES string of the molecule is Cc1nc(Nc2ccc(F)cc2)c2cc(C)sc2n1. The van der Waals surface area contributed by atoms with Crippen LogP contribution in [0.5, 0.6) is 0 Å². The molecule has 1 aromatic carbocycles. The highest BCUT2D eigenvalue weighted by Crippen LogP contribution is 2.30. The average Bonchev–Trinajstić information content (AvgIpc) is 2.72. The Morgan fingerprint density at radius 2 is 1.84 bits per heavy atom. The first kappa shape index (κ1) is 12.0. The molecule has 3 rings (SSSR count). The van der Waals surface area contributed by atoms with Gasteiger partial charge in [-0.25, -0.2) is 14.4 Å². The first-order chi connectivity index (χ1) is 9.11. The summed E-state index contributed by atoms with van der Waals surface area (Å²) in [5.41, 5.74) is 0.810. The Bertz CT molecular complexity index is 734. The van der Waals surface area contributed by atoms with Gasteiger partial charge in [0.15, 0.2) is 0 Å². The molecule has 3 nitrogen and oxygen atoms in total. The third-order valence-electron chi connectivity index (χ3n) is 2.73. The lowest BCUT2D eigenvalue weighted by Crippen LogP contribution is -1.97. The van der Waals surface area contributed by atoms with Crippen molar-refractivity contribution in [2.24, 2.45) is 0 Å². The Morgan fingerprint density at radius 1 is 1.11 bits per heavy atom. The molecule has 2 aromatic heterocycles. The van der Waals surface area contributed by atoms with Gasteiger partial charge in [0.25, 0.3) is 0 Å². The molecule has 0 unspecified atom stereocenters. The zero-order valence-electron chi connectivity index (χ0n) is 10.6. The molecule has 0 bridgehead atoms. The summed E-state index contributed by atoms with van der Waals surface area (Å²) in [5.74, 6) is 1.23. The average molecular weight is 273 g/mol. The van der Waals surface area contributed by atoms with Gasteiger partial charge < -0.3 is 5.32 Å². The van der Waals surface area contributed by atoms with E-state index in [1.807, 2.05) is 13.8 Å². The van der Waals surface area contributed by atoms with Crippen molar-refractivity contribution in [1.29, 1.82) is 0 Å². The van der Waals surface area contributed by atoms with Gasteiger partial charge in [0.05, 0.1) is 5.39 Å². The van der Waals surface area contributed by atoms with Gasteiger partial charge in [0.1, 0.15) is 22.3 Å². The number of hydrogen-bond donors (Lipinski definition) is 1. The van der Waals surface area contributed by atoms with E-state index in [0.29, 0.717) is 0 Å². The fourth-order valence-electron chi connectivity index (χ4n) is 1.91. The van der Waals surface area contributed by atoms with Crippen LogP contribution in [-0.4, -0.2) is 9.97 Å². The second kappa shape index (κ2) is 4.59. The van der Waals surface area contributed by atoms with E-state index < -0.39 is 0 Å². The number of hydrogen-bond acceptors (Lipinski definition) is 4. The Balaban J connectivity index is 2.06. The maximum atomic E-state index is 12.9. The molecule has 96 valence electrons. The molecule has 3 aromatic rings. The van der Waals surface area contributed by atoms with Gasteiger partial charge >= 0.3 is 0 Å². The summed E-state index contributed by atoms with van der Waals surface area (Å²) in [7, 11) is 0. The number of halogens is 1. The fourth-order valence-corrected chi connectivity index (χ4v) is 2.84. The summed E-state index contributed by atoms with van der Waals surface area (Å²) >= 11 is 1.64. The van der Waals surface area contributed by atoms with Crippen molar-refractivity contribution in [3.8, 4) is 0 Å². The number of benzene rings is 1. The maximum absolute atomic E-state index is 12.9. The Labute approximate surface area is 114 Å². The van der Waals surface area contributed by atoms with Crippen LogP contribution in [-0.2, 0) is 0 Å². The molecule has 0 spiro atoms. The summed E-state index contributed by atoms with van der Waals surface area (Å²) in [5, 5.41) is 4.21. The van der Waals surface area contributed by atoms with Gasteiger partial charge in [-0.15, -0.1) is 11.3 Å². The first-order valence-electron chi connectivity index (χ1n) is 5.89. The number of anilines is 2. The second-order valence-corrected chi connectivity index (χ2v) is 5.56. The molecule has 0 aliphatic heterocycles. The van der Waals surface area contributed by atoms with Crippen LogP contribution in [0, 0.1) is 19.7 Å². The number of nitrogens with one attached hydrogen (secondary N) is 1. The lowest BCUT2D eigenvalue weighted by atomic mass is 10.3. The Morgan fingerprint density at radius 3 is 2.58 bits per heavy atom. The van der Waals surface area contributed by atoms with Crippen LogP contribution in [0.25, 0.3) is 10.2 Å². The van der Waals surface area contributed by atoms with E-state index in [1.54, 1.807) is 23.5 Å². The van der Waals surface area contributed by atoms with Crippen LogP contribution in [0.4, 0.5) is 15.9 Å². The smallest absolute Gasteiger partial charge is 0.142 e. The van der Waals surface area contributed by atoms with Crippen LogP contribution >= 0.6 is 11.3 Å².